The quantitative estimate of drug-likeness (QED) is 0.443. The summed E-state index contributed by atoms with van der Waals surface area (Å²) in [6, 6.07) is 0.509. The average molecular weight is 105 g/mol. The predicted molar refractivity (Wildman–Crippen MR) is 17.6 cm³/mol. The van der Waals surface area contributed by atoms with Gasteiger partial charge in [0.1, 0.15) is 0 Å². The van der Waals surface area contributed by atoms with E-state index in [0.29, 0.717) is 6.04 Å². The first-order valence-corrected chi connectivity index (χ1v) is 2.33. The van der Waals surface area contributed by atoms with E-state index in [9.17, 15) is 0 Å². The Labute approximate surface area is 44.0 Å². The van der Waals surface area contributed by atoms with Gasteiger partial charge in [-0.2, -0.15) is 0 Å². The van der Waals surface area contributed by atoms with Gasteiger partial charge in [-0.15, -0.1) is 0 Å². The molecule has 1 nitrogen and oxygen atoms in total. The third kappa shape index (κ3) is 4.51. The van der Waals surface area contributed by atoms with Crippen molar-refractivity contribution in [1.82, 2.24) is 0 Å². The number of hydrogen-bond acceptors (Lipinski definition) is 1. The second kappa shape index (κ2) is 2.74. The first-order valence-electron chi connectivity index (χ1n) is 1.64. The van der Waals surface area contributed by atoms with E-state index in [4.69, 9.17) is 0 Å². The molecule has 0 aromatic rings. The van der Waals surface area contributed by atoms with Gasteiger partial charge in [0.25, 0.3) is 0 Å². The fourth-order valence-corrected chi connectivity index (χ4v) is 0. The summed E-state index contributed by atoms with van der Waals surface area (Å²) in [5.41, 5.74) is 0. The van der Waals surface area contributed by atoms with E-state index in [1.807, 2.05) is 20.3 Å². The van der Waals surface area contributed by atoms with Gasteiger partial charge < -0.3 is 0 Å². The standard InChI is InChI=1S/C3H7N.Ti/c1-3(2)4;/h3H,1-2H3;. The Balaban J connectivity index is 2.83. The second-order valence-electron chi connectivity index (χ2n) is 1.22. The molecule has 2 heteroatoms. The van der Waals surface area contributed by atoms with Gasteiger partial charge in [-0.1, -0.05) is 0 Å². The molecule has 0 rings (SSSR count). The monoisotopic (exact) mass is 105 g/mol. The van der Waals surface area contributed by atoms with E-state index in [1.165, 1.54) is 0 Å². The Morgan fingerprint density at radius 1 is 1.60 bits per heavy atom. The topological polar surface area (TPSA) is 12.4 Å². The van der Waals surface area contributed by atoms with Crippen molar-refractivity contribution in [2.24, 2.45) is 3.42 Å². The molecule has 0 radical (unpaired) electrons. The van der Waals surface area contributed by atoms with Crippen molar-refractivity contribution in [3.05, 3.63) is 0 Å². The van der Waals surface area contributed by atoms with Crippen LogP contribution >= 0.6 is 0 Å². The molecule has 0 aliphatic rings. The predicted octanol–water partition coefficient (Wildman–Crippen LogP) is 1.13. The molecule has 0 unspecified atom stereocenters. The summed E-state index contributed by atoms with van der Waals surface area (Å²) in [6.45, 7) is 4.11. The fraction of sp³-hybridized carbons (Fsp3) is 1.00. The first-order chi connectivity index (χ1) is 2.27. The summed E-state index contributed by atoms with van der Waals surface area (Å²) < 4.78 is 3.89. The van der Waals surface area contributed by atoms with Crippen LogP contribution in [0.15, 0.2) is 3.42 Å². The van der Waals surface area contributed by atoms with E-state index < -0.39 is 0 Å². The fourth-order valence-electron chi connectivity index (χ4n) is 0. The number of hydrogen-bond donors (Lipinski definition) is 0. The molecule has 0 aliphatic heterocycles. The van der Waals surface area contributed by atoms with Gasteiger partial charge in [0, 0.05) is 0 Å². The molecule has 0 heterocycles. The molecule has 0 N–H and O–H groups in total. The maximum absolute atomic E-state index is 3.89. The summed E-state index contributed by atoms with van der Waals surface area (Å²) in [7, 11) is 0. The van der Waals surface area contributed by atoms with Crippen LogP contribution < -0.4 is 0 Å². The molecule has 28 valence electrons. The van der Waals surface area contributed by atoms with E-state index in [1.54, 1.807) is 0 Å². The minimum atomic E-state index is 0.509. The Hall–Kier alpha value is 0.514. The summed E-state index contributed by atoms with van der Waals surface area (Å²) >= 11 is 1.82. The van der Waals surface area contributed by atoms with Crippen molar-refractivity contribution < 1.29 is 20.3 Å². The molecule has 0 atom stereocenters. The van der Waals surface area contributed by atoms with E-state index in [2.05, 4.69) is 17.3 Å². The van der Waals surface area contributed by atoms with Gasteiger partial charge in [0.05, 0.1) is 0 Å². The van der Waals surface area contributed by atoms with Gasteiger partial charge in [0.2, 0.25) is 0 Å². The molecule has 0 aromatic carbocycles. The zero-order valence-corrected chi connectivity index (χ0v) is 5.09. The normalized spacial score (nSPS) is 8.40. The Morgan fingerprint density at radius 3 is 1.80 bits per heavy atom. The Bertz CT molecular complexity index is 33.9. The van der Waals surface area contributed by atoms with Gasteiger partial charge in [-0.05, 0) is 0 Å². The van der Waals surface area contributed by atoms with Gasteiger partial charge in [-0.3, -0.25) is 0 Å². The molecular formula is C3H7NTi. The summed E-state index contributed by atoms with van der Waals surface area (Å²) in [6.07, 6.45) is 0. The third-order valence-corrected chi connectivity index (χ3v) is 1.06. The first kappa shape index (κ1) is 5.51. The molecule has 0 fully saturated rings. The van der Waals surface area contributed by atoms with Crippen LogP contribution in [0.5, 0.6) is 0 Å². The van der Waals surface area contributed by atoms with Crippen molar-refractivity contribution in [2.45, 2.75) is 19.9 Å². The van der Waals surface area contributed by atoms with Crippen molar-refractivity contribution in [3.8, 4) is 0 Å². The zero-order valence-electron chi connectivity index (χ0n) is 3.52. The van der Waals surface area contributed by atoms with E-state index in [-0.39, 0.29) is 0 Å². The SMILES string of the molecule is CC(C)[N]=[Ti]. The second-order valence-corrected chi connectivity index (χ2v) is 1.63. The molecule has 0 spiro atoms. The van der Waals surface area contributed by atoms with Crippen molar-refractivity contribution in [2.75, 3.05) is 0 Å². The molecule has 5 heavy (non-hydrogen) atoms. The van der Waals surface area contributed by atoms with Crippen LogP contribution in [0.1, 0.15) is 13.8 Å². The molecule has 0 saturated carbocycles. The molecule has 0 saturated heterocycles. The molecule has 0 aliphatic carbocycles. The average Bonchev–Trinajstić information content (AvgIpc) is 1.38. The van der Waals surface area contributed by atoms with Crippen molar-refractivity contribution in [1.29, 1.82) is 0 Å². The molecule has 0 amide bonds. The van der Waals surface area contributed by atoms with Crippen molar-refractivity contribution in [3.63, 3.8) is 0 Å². The Morgan fingerprint density at radius 2 is 1.80 bits per heavy atom. The van der Waals surface area contributed by atoms with Gasteiger partial charge in [0.15, 0.2) is 0 Å². The van der Waals surface area contributed by atoms with Crippen LogP contribution in [-0.2, 0) is 20.3 Å². The van der Waals surface area contributed by atoms with E-state index in [0.717, 1.165) is 0 Å². The maximum atomic E-state index is 3.89. The van der Waals surface area contributed by atoms with Gasteiger partial charge in [-0.25, -0.2) is 0 Å². The molecular weight excluding hydrogens is 97.9 g/mol. The zero-order chi connectivity index (χ0) is 4.28. The van der Waals surface area contributed by atoms with Crippen LogP contribution in [-0.4, -0.2) is 6.04 Å². The van der Waals surface area contributed by atoms with Crippen LogP contribution in [0.4, 0.5) is 0 Å². The Kier molecular flexibility index (Phi) is 3.02. The number of nitrogens with zero attached hydrogens (tertiary/aromatic N) is 1. The van der Waals surface area contributed by atoms with Crippen LogP contribution in [0.25, 0.3) is 0 Å². The van der Waals surface area contributed by atoms with Crippen LogP contribution in [0.2, 0.25) is 0 Å². The van der Waals surface area contributed by atoms with Crippen LogP contribution in [0, 0.1) is 0 Å². The minimum absolute atomic E-state index is 0.509. The summed E-state index contributed by atoms with van der Waals surface area (Å²) in [4.78, 5) is 0. The van der Waals surface area contributed by atoms with Crippen molar-refractivity contribution >= 4 is 0 Å². The van der Waals surface area contributed by atoms with E-state index >= 15 is 0 Å². The molecule has 0 aromatic heterocycles. The summed E-state index contributed by atoms with van der Waals surface area (Å²) in [5.74, 6) is 0. The van der Waals surface area contributed by atoms with Crippen LogP contribution in [0.3, 0.4) is 0 Å². The summed E-state index contributed by atoms with van der Waals surface area (Å²) in [5, 5.41) is 0. The van der Waals surface area contributed by atoms with Gasteiger partial charge >= 0.3 is 43.6 Å². The third-order valence-electron chi connectivity index (χ3n) is 0.258. The number of rotatable bonds is 1. The molecule has 0 bridgehead atoms.